The van der Waals surface area contributed by atoms with Gasteiger partial charge in [0.15, 0.2) is 5.82 Å². The molecule has 0 aliphatic carbocycles. The summed E-state index contributed by atoms with van der Waals surface area (Å²) in [7, 11) is 1.75. The molecule has 0 saturated carbocycles. The monoisotopic (exact) mass is 272 g/mol. The molecule has 0 aliphatic rings. The number of nitrogens with one attached hydrogen (secondary N) is 1. The smallest absolute Gasteiger partial charge is 0.328 e. The van der Waals surface area contributed by atoms with Gasteiger partial charge in [-0.25, -0.2) is 4.79 Å². The van der Waals surface area contributed by atoms with Crippen LogP contribution in [0.3, 0.4) is 0 Å². The number of rotatable bonds is 4. The number of aryl methyl sites for hydroxylation is 1. The zero-order valence-electron chi connectivity index (χ0n) is 10.6. The molecule has 2 N–H and O–H groups in total. The van der Waals surface area contributed by atoms with Gasteiger partial charge in [-0.1, -0.05) is 6.07 Å². The van der Waals surface area contributed by atoms with Crippen molar-refractivity contribution in [2.75, 3.05) is 5.32 Å². The third-order valence-corrected chi connectivity index (χ3v) is 2.39. The van der Waals surface area contributed by atoms with Crippen molar-refractivity contribution in [1.29, 1.82) is 0 Å². The molecule has 0 bridgehead atoms. The van der Waals surface area contributed by atoms with E-state index in [0.717, 1.165) is 6.08 Å². The second kappa shape index (κ2) is 5.79. The van der Waals surface area contributed by atoms with Gasteiger partial charge in [0.2, 0.25) is 0 Å². The number of pyridine rings is 1. The van der Waals surface area contributed by atoms with Gasteiger partial charge >= 0.3 is 5.97 Å². The van der Waals surface area contributed by atoms with Crippen LogP contribution in [0.4, 0.5) is 5.82 Å². The van der Waals surface area contributed by atoms with E-state index in [9.17, 15) is 9.59 Å². The van der Waals surface area contributed by atoms with Crippen LogP contribution in [-0.4, -0.2) is 31.7 Å². The molecule has 0 radical (unpaired) electrons. The number of carboxylic acid groups (broad SMARTS) is 1. The Kier molecular flexibility index (Phi) is 3.90. The van der Waals surface area contributed by atoms with Gasteiger partial charge in [0.05, 0.1) is 0 Å². The summed E-state index contributed by atoms with van der Waals surface area (Å²) in [5, 5.41) is 15.1. The molecule has 2 aromatic heterocycles. The molecule has 0 fully saturated rings. The van der Waals surface area contributed by atoms with Crippen LogP contribution in [0.1, 0.15) is 16.1 Å². The second-order valence-corrected chi connectivity index (χ2v) is 3.98. The van der Waals surface area contributed by atoms with E-state index >= 15 is 0 Å². The maximum atomic E-state index is 11.9. The molecule has 0 aromatic carbocycles. The van der Waals surface area contributed by atoms with Gasteiger partial charge in [-0.2, -0.15) is 5.10 Å². The summed E-state index contributed by atoms with van der Waals surface area (Å²) in [6.45, 7) is 0. The number of hydrogen-bond acceptors (Lipinski definition) is 4. The molecule has 0 atom stereocenters. The number of amides is 1. The van der Waals surface area contributed by atoms with E-state index in [2.05, 4.69) is 15.4 Å². The SMILES string of the molecule is Cn1ccc(NC(=O)c2ccc(C=CC(=O)O)cn2)n1. The Morgan fingerprint density at radius 3 is 2.70 bits per heavy atom. The highest BCUT2D eigenvalue weighted by Crippen LogP contribution is 2.06. The van der Waals surface area contributed by atoms with Gasteiger partial charge in [-0.3, -0.25) is 14.5 Å². The Labute approximate surface area is 114 Å². The predicted molar refractivity (Wildman–Crippen MR) is 72.1 cm³/mol. The fourth-order valence-corrected chi connectivity index (χ4v) is 1.47. The Morgan fingerprint density at radius 2 is 2.15 bits per heavy atom. The second-order valence-electron chi connectivity index (χ2n) is 3.98. The van der Waals surface area contributed by atoms with E-state index in [1.54, 1.807) is 30.1 Å². The summed E-state index contributed by atoms with van der Waals surface area (Å²) in [5.41, 5.74) is 0.824. The fourth-order valence-electron chi connectivity index (χ4n) is 1.47. The maximum Gasteiger partial charge on any atom is 0.328 e. The van der Waals surface area contributed by atoms with Crippen LogP contribution >= 0.6 is 0 Å². The van der Waals surface area contributed by atoms with Crippen molar-refractivity contribution in [3.8, 4) is 0 Å². The molecule has 2 aromatic rings. The fraction of sp³-hybridized carbons (Fsp3) is 0.0769. The van der Waals surface area contributed by atoms with Crippen molar-refractivity contribution in [1.82, 2.24) is 14.8 Å². The number of carboxylic acids is 1. The topological polar surface area (TPSA) is 97.1 Å². The van der Waals surface area contributed by atoms with Gasteiger partial charge in [-0.05, 0) is 17.7 Å². The van der Waals surface area contributed by atoms with Crippen LogP contribution in [0.5, 0.6) is 0 Å². The van der Waals surface area contributed by atoms with Gasteiger partial charge < -0.3 is 10.4 Å². The quantitative estimate of drug-likeness (QED) is 0.814. The summed E-state index contributed by atoms with van der Waals surface area (Å²) in [5.74, 6) is -0.978. The molecule has 0 saturated heterocycles. The minimum absolute atomic E-state index is 0.225. The minimum Gasteiger partial charge on any atom is -0.478 e. The van der Waals surface area contributed by atoms with Crippen molar-refractivity contribution in [2.45, 2.75) is 0 Å². The lowest BCUT2D eigenvalue weighted by Gasteiger charge is -2.01. The van der Waals surface area contributed by atoms with E-state index in [-0.39, 0.29) is 11.6 Å². The van der Waals surface area contributed by atoms with Crippen molar-refractivity contribution in [3.63, 3.8) is 0 Å². The molecule has 1 amide bonds. The third kappa shape index (κ3) is 3.52. The lowest BCUT2D eigenvalue weighted by atomic mass is 10.2. The van der Waals surface area contributed by atoms with Crippen molar-refractivity contribution < 1.29 is 14.7 Å². The van der Waals surface area contributed by atoms with Crippen LogP contribution in [0.2, 0.25) is 0 Å². The average molecular weight is 272 g/mol. The Balaban J connectivity index is 2.05. The number of aliphatic carboxylic acids is 1. The van der Waals surface area contributed by atoms with Crippen molar-refractivity contribution in [3.05, 3.63) is 47.9 Å². The Morgan fingerprint density at radius 1 is 1.35 bits per heavy atom. The largest absolute Gasteiger partial charge is 0.478 e. The van der Waals surface area contributed by atoms with E-state index in [1.165, 1.54) is 18.3 Å². The molecule has 0 unspecified atom stereocenters. The van der Waals surface area contributed by atoms with E-state index in [0.29, 0.717) is 11.4 Å². The average Bonchev–Trinajstić information content (AvgIpc) is 2.82. The van der Waals surface area contributed by atoms with E-state index in [4.69, 9.17) is 5.11 Å². The zero-order valence-corrected chi connectivity index (χ0v) is 10.6. The maximum absolute atomic E-state index is 11.9. The standard InChI is InChI=1S/C13H12N4O3/c1-17-7-6-11(16-17)15-13(20)10-4-2-9(8-14-10)3-5-12(18)19/h2-8H,1H3,(H,18,19)(H,15,16,20). The van der Waals surface area contributed by atoms with E-state index < -0.39 is 5.97 Å². The lowest BCUT2D eigenvalue weighted by molar-refractivity contribution is -0.131. The minimum atomic E-state index is -1.04. The van der Waals surface area contributed by atoms with E-state index in [1.807, 2.05) is 0 Å². The highest BCUT2D eigenvalue weighted by atomic mass is 16.4. The number of carbonyl (C=O) groups is 2. The first-order chi connectivity index (χ1) is 9.54. The Bertz CT molecular complexity index is 659. The summed E-state index contributed by atoms with van der Waals surface area (Å²) >= 11 is 0. The van der Waals surface area contributed by atoms with Gasteiger partial charge in [0.1, 0.15) is 5.69 Å². The molecular formula is C13H12N4O3. The molecule has 0 aliphatic heterocycles. The normalized spacial score (nSPS) is 10.7. The first-order valence-corrected chi connectivity index (χ1v) is 5.72. The highest BCUT2D eigenvalue weighted by molar-refractivity contribution is 6.02. The number of hydrogen-bond donors (Lipinski definition) is 2. The molecule has 102 valence electrons. The third-order valence-electron chi connectivity index (χ3n) is 2.39. The van der Waals surface area contributed by atoms with Gasteiger partial charge in [0, 0.05) is 31.6 Å². The summed E-state index contributed by atoms with van der Waals surface area (Å²) in [6, 6.07) is 4.79. The molecule has 2 heterocycles. The first kappa shape index (κ1) is 13.5. The van der Waals surface area contributed by atoms with Crippen LogP contribution in [0, 0.1) is 0 Å². The summed E-state index contributed by atoms with van der Waals surface area (Å²) in [6.07, 6.45) is 5.54. The highest BCUT2D eigenvalue weighted by Gasteiger charge is 2.08. The number of carbonyl (C=O) groups excluding carboxylic acids is 1. The van der Waals surface area contributed by atoms with Crippen LogP contribution in [0.15, 0.2) is 36.7 Å². The molecule has 20 heavy (non-hydrogen) atoms. The van der Waals surface area contributed by atoms with Crippen molar-refractivity contribution in [2.24, 2.45) is 7.05 Å². The van der Waals surface area contributed by atoms with Gasteiger partial charge in [-0.15, -0.1) is 0 Å². The number of nitrogens with zero attached hydrogens (tertiary/aromatic N) is 3. The molecular weight excluding hydrogens is 260 g/mol. The number of anilines is 1. The number of aromatic nitrogens is 3. The molecule has 7 heteroatoms. The van der Waals surface area contributed by atoms with Crippen LogP contribution in [-0.2, 0) is 11.8 Å². The van der Waals surface area contributed by atoms with Gasteiger partial charge in [0.25, 0.3) is 5.91 Å². The van der Waals surface area contributed by atoms with Crippen LogP contribution in [0.25, 0.3) is 6.08 Å². The van der Waals surface area contributed by atoms with Crippen LogP contribution < -0.4 is 5.32 Å². The molecule has 0 spiro atoms. The molecule has 2 rings (SSSR count). The van der Waals surface area contributed by atoms with Crippen molar-refractivity contribution >= 4 is 23.8 Å². The lowest BCUT2D eigenvalue weighted by Crippen LogP contribution is -2.14. The summed E-state index contributed by atoms with van der Waals surface area (Å²) < 4.78 is 1.57. The predicted octanol–water partition coefficient (Wildman–Crippen LogP) is 1.17. The summed E-state index contributed by atoms with van der Waals surface area (Å²) in [4.78, 5) is 26.2. The zero-order chi connectivity index (χ0) is 14.5. The first-order valence-electron chi connectivity index (χ1n) is 5.72. The Hall–Kier alpha value is -2.96. The molecule has 7 nitrogen and oxygen atoms in total.